The summed E-state index contributed by atoms with van der Waals surface area (Å²) in [4.78, 5) is 20.9. The molecular weight excluding hydrogens is 336 g/mol. The molecule has 6 nitrogen and oxygen atoms in total. The average Bonchev–Trinajstić information content (AvgIpc) is 3.19. The lowest BCUT2D eigenvalue weighted by Crippen LogP contribution is -2.35. The monoisotopic (exact) mass is 362 g/mol. The van der Waals surface area contributed by atoms with Gasteiger partial charge >= 0.3 is 0 Å². The number of imidazole rings is 1. The topological polar surface area (TPSA) is 59.7 Å². The Kier molecular flexibility index (Phi) is 5.25. The first kappa shape index (κ1) is 17.8. The molecule has 3 aromatic rings. The Morgan fingerprint density at radius 3 is 2.74 bits per heavy atom. The van der Waals surface area contributed by atoms with E-state index in [1.807, 2.05) is 30.9 Å². The second-order valence-electron chi connectivity index (χ2n) is 7.47. The highest BCUT2D eigenvalue weighted by atomic mass is 15.2. The minimum absolute atomic E-state index is 0.335. The van der Waals surface area contributed by atoms with E-state index in [9.17, 15) is 0 Å². The van der Waals surface area contributed by atoms with Crippen LogP contribution in [-0.4, -0.2) is 42.5 Å². The molecule has 0 N–H and O–H groups in total. The molecule has 1 atom stereocenters. The van der Waals surface area contributed by atoms with Gasteiger partial charge in [-0.05, 0) is 31.5 Å². The Morgan fingerprint density at radius 1 is 1.04 bits per heavy atom. The SMILES string of the molecule is CC(C)c1nccn1-c1nccnc1C1CCCN(Cc2ccccn2)C1. The highest BCUT2D eigenvalue weighted by Crippen LogP contribution is 2.30. The lowest BCUT2D eigenvalue weighted by atomic mass is 9.94. The van der Waals surface area contributed by atoms with Crippen LogP contribution in [0.5, 0.6) is 0 Å². The fourth-order valence-corrected chi connectivity index (χ4v) is 3.88. The van der Waals surface area contributed by atoms with Gasteiger partial charge in [-0.1, -0.05) is 19.9 Å². The standard InChI is InChI=1S/C21H26N6/c1-16(2)20-25-11-13-27(20)21-19(23-9-10-24-21)17-6-5-12-26(14-17)15-18-7-3-4-8-22-18/h3-4,7-11,13,16-17H,5-6,12,14-15H2,1-2H3. The zero-order chi connectivity index (χ0) is 18.6. The summed E-state index contributed by atoms with van der Waals surface area (Å²) in [5, 5.41) is 0. The molecule has 0 bridgehead atoms. The molecular formula is C21H26N6. The van der Waals surface area contributed by atoms with Crippen molar-refractivity contribution in [1.82, 2.24) is 29.4 Å². The molecule has 0 radical (unpaired) electrons. The maximum atomic E-state index is 4.75. The molecule has 6 heteroatoms. The van der Waals surface area contributed by atoms with Crippen LogP contribution in [-0.2, 0) is 6.54 Å². The van der Waals surface area contributed by atoms with Gasteiger partial charge in [0.15, 0.2) is 5.82 Å². The van der Waals surface area contributed by atoms with Crippen molar-refractivity contribution in [3.63, 3.8) is 0 Å². The minimum Gasteiger partial charge on any atom is -0.297 e. The molecule has 3 aromatic heterocycles. The van der Waals surface area contributed by atoms with E-state index in [2.05, 4.69) is 50.4 Å². The van der Waals surface area contributed by atoms with Crippen molar-refractivity contribution in [2.75, 3.05) is 13.1 Å². The van der Waals surface area contributed by atoms with Crippen molar-refractivity contribution in [3.05, 3.63) is 66.4 Å². The van der Waals surface area contributed by atoms with Gasteiger partial charge in [0, 0.05) is 55.9 Å². The van der Waals surface area contributed by atoms with Gasteiger partial charge in [-0.15, -0.1) is 0 Å². The van der Waals surface area contributed by atoms with E-state index in [-0.39, 0.29) is 0 Å². The van der Waals surface area contributed by atoms with Gasteiger partial charge in [-0.3, -0.25) is 19.4 Å². The van der Waals surface area contributed by atoms with E-state index in [1.54, 1.807) is 6.20 Å². The first-order valence-electron chi connectivity index (χ1n) is 9.69. The fourth-order valence-electron chi connectivity index (χ4n) is 3.88. The van der Waals surface area contributed by atoms with Crippen molar-refractivity contribution in [2.24, 2.45) is 0 Å². The molecule has 1 aliphatic rings. The van der Waals surface area contributed by atoms with Gasteiger partial charge in [-0.2, -0.15) is 0 Å². The van der Waals surface area contributed by atoms with Crippen molar-refractivity contribution in [3.8, 4) is 5.82 Å². The average molecular weight is 362 g/mol. The smallest absolute Gasteiger partial charge is 0.160 e. The van der Waals surface area contributed by atoms with Crippen LogP contribution >= 0.6 is 0 Å². The van der Waals surface area contributed by atoms with Crippen LogP contribution in [0.1, 0.15) is 55.7 Å². The lowest BCUT2D eigenvalue weighted by Gasteiger charge is -2.32. The van der Waals surface area contributed by atoms with Crippen molar-refractivity contribution in [1.29, 1.82) is 0 Å². The summed E-state index contributed by atoms with van der Waals surface area (Å²) in [5.74, 6) is 2.65. The third-order valence-electron chi connectivity index (χ3n) is 5.12. The molecule has 4 rings (SSSR count). The van der Waals surface area contributed by atoms with E-state index in [1.165, 1.54) is 0 Å². The minimum atomic E-state index is 0.335. The molecule has 27 heavy (non-hydrogen) atoms. The molecule has 1 fully saturated rings. The summed E-state index contributed by atoms with van der Waals surface area (Å²) >= 11 is 0. The zero-order valence-corrected chi connectivity index (χ0v) is 16.0. The van der Waals surface area contributed by atoms with Crippen LogP contribution in [0.4, 0.5) is 0 Å². The second-order valence-corrected chi connectivity index (χ2v) is 7.47. The Labute approximate surface area is 160 Å². The predicted molar refractivity (Wildman–Crippen MR) is 105 cm³/mol. The van der Waals surface area contributed by atoms with Gasteiger partial charge in [0.25, 0.3) is 0 Å². The molecule has 4 heterocycles. The van der Waals surface area contributed by atoms with Gasteiger partial charge in [-0.25, -0.2) is 9.97 Å². The Balaban J connectivity index is 1.59. The van der Waals surface area contributed by atoms with Crippen LogP contribution in [0.2, 0.25) is 0 Å². The van der Waals surface area contributed by atoms with E-state index in [4.69, 9.17) is 4.98 Å². The van der Waals surface area contributed by atoms with E-state index < -0.39 is 0 Å². The zero-order valence-electron chi connectivity index (χ0n) is 16.0. The summed E-state index contributed by atoms with van der Waals surface area (Å²) in [7, 11) is 0. The van der Waals surface area contributed by atoms with Crippen LogP contribution in [0.25, 0.3) is 5.82 Å². The third-order valence-corrected chi connectivity index (χ3v) is 5.12. The highest BCUT2D eigenvalue weighted by Gasteiger charge is 2.26. The molecule has 140 valence electrons. The first-order valence-corrected chi connectivity index (χ1v) is 9.69. The van der Waals surface area contributed by atoms with Crippen LogP contribution in [0, 0.1) is 0 Å². The van der Waals surface area contributed by atoms with Crippen LogP contribution in [0.3, 0.4) is 0 Å². The maximum absolute atomic E-state index is 4.75. The molecule has 0 spiro atoms. The van der Waals surface area contributed by atoms with Gasteiger partial charge in [0.05, 0.1) is 11.4 Å². The van der Waals surface area contributed by atoms with Gasteiger partial charge in [0.2, 0.25) is 0 Å². The van der Waals surface area contributed by atoms with Gasteiger partial charge in [0.1, 0.15) is 5.82 Å². The summed E-state index contributed by atoms with van der Waals surface area (Å²) in [6.07, 6.45) is 11.6. The van der Waals surface area contributed by atoms with Crippen molar-refractivity contribution < 1.29 is 0 Å². The highest BCUT2D eigenvalue weighted by molar-refractivity contribution is 5.33. The number of nitrogens with zero attached hydrogens (tertiary/aromatic N) is 6. The number of hydrogen-bond donors (Lipinski definition) is 0. The quantitative estimate of drug-likeness (QED) is 0.694. The normalized spacial score (nSPS) is 18.1. The van der Waals surface area contributed by atoms with Crippen LogP contribution < -0.4 is 0 Å². The molecule has 1 aliphatic heterocycles. The number of rotatable bonds is 5. The summed E-state index contributed by atoms with van der Waals surface area (Å²) in [5.41, 5.74) is 2.19. The Morgan fingerprint density at radius 2 is 1.93 bits per heavy atom. The number of likely N-dealkylation sites (tertiary alicyclic amines) is 1. The van der Waals surface area contributed by atoms with Crippen molar-refractivity contribution in [2.45, 2.75) is 45.1 Å². The number of pyridine rings is 1. The molecule has 0 saturated carbocycles. The first-order chi connectivity index (χ1) is 13.2. The molecule has 1 unspecified atom stereocenters. The Bertz CT molecular complexity index is 873. The molecule has 0 aliphatic carbocycles. The van der Waals surface area contributed by atoms with Crippen LogP contribution in [0.15, 0.2) is 49.2 Å². The second kappa shape index (κ2) is 7.96. The maximum Gasteiger partial charge on any atom is 0.160 e. The molecule has 0 aromatic carbocycles. The number of aromatic nitrogens is 5. The fraction of sp³-hybridized carbons (Fsp3) is 0.429. The summed E-state index contributed by atoms with van der Waals surface area (Å²) < 4.78 is 2.10. The number of piperidine rings is 1. The third kappa shape index (κ3) is 3.90. The van der Waals surface area contributed by atoms with E-state index in [0.717, 1.165) is 55.5 Å². The predicted octanol–water partition coefficient (Wildman–Crippen LogP) is 3.56. The summed E-state index contributed by atoms with van der Waals surface area (Å²) in [6.45, 7) is 7.28. The summed E-state index contributed by atoms with van der Waals surface area (Å²) in [6, 6.07) is 6.11. The Hall–Kier alpha value is -2.60. The van der Waals surface area contributed by atoms with E-state index >= 15 is 0 Å². The van der Waals surface area contributed by atoms with Gasteiger partial charge < -0.3 is 0 Å². The van der Waals surface area contributed by atoms with E-state index in [0.29, 0.717) is 11.8 Å². The lowest BCUT2D eigenvalue weighted by molar-refractivity contribution is 0.196. The number of hydrogen-bond acceptors (Lipinski definition) is 5. The van der Waals surface area contributed by atoms with Crippen molar-refractivity contribution >= 4 is 0 Å². The largest absolute Gasteiger partial charge is 0.297 e. The molecule has 1 saturated heterocycles. The molecule has 0 amide bonds.